The van der Waals surface area contributed by atoms with Crippen LogP contribution in [0.3, 0.4) is 0 Å². The Bertz CT molecular complexity index is 908. The molecule has 2 aromatic heterocycles. The summed E-state index contributed by atoms with van der Waals surface area (Å²) in [6.07, 6.45) is 6.49. The number of nitrogens with zero attached hydrogens (tertiary/aromatic N) is 4. The molecule has 3 heterocycles. The van der Waals surface area contributed by atoms with E-state index >= 15 is 0 Å². The highest BCUT2D eigenvalue weighted by molar-refractivity contribution is 5.60. The Hall–Kier alpha value is -2.35. The maximum Gasteiger partial charge on any atom is 0.226 e. The fraction of sp³-hybridized carbons (Fsp3) is 0.667. The van der Waals surface area contributed by atoms with E-state index in [0.29, 0.717) is 29.7 Å². The van der Waals surface area contributed by atoms with Crippen molar-refractivity contribution >= 4 is 23.4 Å². The number of hydrogen-bond acceptors (Lipinski definition) is 7. The normalized spacial score (nSPS) is 34.9. The molecule has 29 heavy (non-hydrogen) atoms. The number of aromatic nitrogens is 4. The van der Waals surface area contributed by atoms with Gasteiger partial charge in [0.1, 0.15) is 11.6 Å². The van der Waals surface area contributed by atoms with Crippen LogP contribution in [-0.4, -0.2) is 50.0 Å². The average Bonchev–Trinajstić information content (AvgIpc) is 3.00. The first-order valence-corrected chi connectivity index (χ1v) is 10.9. The SMILES string of the molecule is Cc1cc(Nc2cc(N3CCC3)nc(NC3C4CC5CC3CC(O)(C5)C4)n2)n[nH]1. The minimum Gasteiger partial charge on any atom is -0.390 e. The zero-order valence-electron chi connectivity index (χ0n) is 16.9. The van der Waals surface area contributed by atoms with Crippen LogP contribution in [0.4, 0.5) is 23.4 Å². The van der Waals surface area contributed by atoms with Gasteiger partial charge in [-0.05, 0) is 63.2 Å². The van der Waals surface area contributed by atoms with Gasteiger partial charge in [0.15, 0.2) is 5.82 Å². The molecule has 4 N–H and O–H groups in total. The Morgan fingerprint density at radius 1 is 1.10 bits per heavy atom. The average molecular weight is 396 g/mol. The summed E-state index contributed by atoms with van der Waals surface area (Å²) in [5.74, 6) is 4.92. The molecule has 4 bridgehead atoms. The minimum absolute atomic E-state index is 0.360. The third kappa shape index (κ3) is 3.13. The minimum atomic E-state index is -0.417. The molecule has 5 aliphatic rings. The molecule has 4 saturated carbocycles. The van der Waals surface area contributed by atoms with E-state index in [-0.39, 0.29) is 0 Å². The van der Waals surface area contributed by atoms with Crippen LogP contribution in [-0.2, 0) is 0 Å². The fourth-order valence-corrected chi connectivity index (χ4v) is 6.25. The molecule has 8 nitrogen and oxygen atoms in total. The number of aliphatic hydroxyl groups is 1. The van der Waals surface area contributed by atoms with Crippen LogP contribution in [0.5, 0.6) is 0 Å². The number of aryl methyl sites for hydroxylation is 1. The summed E-state index contributed by atoms with van der Waals surface area (Å²) in [5.41, 5.74) is 0.592. The molecule has 5 fully saturated rings. The number of aromatic amines is 1. The summed E-state index contributed by atoms with van der Waals surface area (Å²) in [6.45, 7) is 4.07. The van der Waals surface area contributed by atoms with Crippen molar-refractivity contribution in [3.63, 3.8) is 0 Å². The van der Waals surface area contributed by atoms with E-state index in [9.17, 15) is 5.11 Å². The van der Waals surface area contributed by atoms with E-state index in [1.165, 1.54) is 19.3 Å². The lowest BCUT2D eigenvalue weighted by Gasteiger charge is -2.58. The van der Waals surface area contributed by atoms with Gasteiger partial charge in [0.25, 0.3) is 0 Å². The van der Waals surface area contributed by atoms with Crippen LogP contribution >= 0.6 is 0 Å². The van der Waals surface area contributed by atoms with Crippen molar-refractivity contribution in [1.29, 1.82) is 0 Å². The third-order valence-corrected chi connectivity index (χ3v) is 7.39. The maximum atomic E-state index is 10.9. The van der Waals surface area contributed by atoms with Crippen LogP contribution < -0.4 is 15.5 Å². The summed E-state index contributed by atoms with van der Waals surface area (Å²) in [6, 6.07) is 4.34. The van der Waals surface area contributed by atoms with Crippen molar-refractivity contribution in [3.8, 4) is 0 Å². The predicted molar refractivity (Wildman–Crippen MR) is 111 cm³/mol. The van der Waals surface area contributed by atoms with E-state index in [1.807, 2.05) is 19.1 Å². The molecule has 0 radical (unpaired) electrons. The molecule has 2 unspecified atom stereocenters. The van der Waals surface area contributed by atoms with Crippen LogP contribution in [0.2, 0.25) is 0 Å². The molecule has 8 heteroatoms. The Morgan fingerprint density at radius 3 is 2.52 bits per heavy atom. The van der Waals surface area contributed by atoms with E-state index in [0.717, 1.165) is 55.5 Å². The van der Waals surface area contributed by atoms with E-state index < -0.39 is 5.60 Å². The van der Waals surface area contributed by atoms with Gasteiger partial charge in [-0.1, -0.05) is 0 Å². The van der Waals surface area contributed by atoms with E-state index in [1.54, 1.807) is 0 Å². The standard InChI is InChI=1S/C21H29N7O/c1-12-5-17(27-26-12)22-16-8-18(28-3-2-4-28)24-20(23-16)25-19-14-6-13-7-15(19)11-21(29,9-13)10-14/h5,8,13-15,19,29H,2-4,6-7,9-11H2,1H3,(H3,22,23,24,25,26,27). The van der Waals surface area contributed by atoms with Crippen LogP contribution in [0, 0.1) is 24.7 Å². The van der Waals surface area contributed by atoms with Crippen molar-refractivity contribution in [2.45, 2.75) is 57.1 Å². The fourth-order valence-electron chi connectivity index (χ4n) is 6.25. The number of nitrogens with one attached hydrogen (secondary N) is 3. The smallest absolute Gasteiger partial charge is 0.226 e. The summed E-state index contributed by atoms with van der Waals surface area (Å²) < 4.78 is 0. The van der Waals surface area contributed by atoms with Gasteiger partial charge in [0, 0.05) is 37.0 Å². The lowest BCUT2D eigenvalue weighted by atomic mass is 9.52. The Morgan fingerprint density at radius 2 is 1.90 bits per heavy atom. The van der Waals surface area contributed by atoms with E-state index in [2.05, 4.69) is 25.7 Å². The topological polar surface area (TPSA) is 102 Å². The molecule has 2 aromatic rings. The molecule has 0 aromatic carbocycles. The zero-order valence-corrected chi connectivity index (χ0v) is 16.9. The second-order valence-electron chi connectivity index (χ2n) is 9.70. The number of anilines is 4. The van der Waals surface area contributed by atoms with Crippen molar-refractivity contribution in [1.82, 2.24) is 20.2 Å². The van der Waals surface area contributed by atoms with E-state index in [4.69, 9.17) is 9.97 Å². The predicted octanol–water partition coefficient (Wildman–Crippen LogP) is 2.81. The van der Waals surface area contributed by atoms with Gasteiger partial charge in [0.2, 0.25) is 5.95 Å². The van der Waals surface area contributed by atoms with Crippen molar-refractivity contribution in [3.05, 3.63) is 17.8 Å². The monoisotopic (exact) mass is 395 g/mol. The van der Waals surface area contributed by atoms with Crippen LogP contribution in [0.25, 0.3) is 0 Å². The Kier molecular flexibility index (Phi) is 3.82. The second kappa shape index (κ2) is 6.32. The molecule has 154 valence electrons. The lowest BCUT2D eigenvalue weighted by molar-refractivity contribution is -0.129. The molecule has 0 spiro atoms. The largest absolute Gasteiger partial charge is 0.390 e. The molecule has 1 saturated heterocycles. The molecular formula is C21H29N7O. The number of H-pyrrole nitrogens is 1. The highest BCUT2D eigenvalue weighted by Gasteiger charge is 2.54. The van der Waals surface area contributed by atoms with Gasteiger partial charge < -0.3 is 20.6 Å². The van der Waals surface area contributed by atoms with Gasteiger partial charge in [0.05, 0.1) is 5.60 Å². The van der Waals surface area contributed by atoms with Crippen molar-refractivity contribution in [2.24, 2.45) is 17.8 Å². The first-order valence-electron chi connectivity index (χ1n) is 10.9. The summed E-state index contributed by atoms with van der Waals surface area (Å²) in [4.78, 5) is 11.9. The summed E-state index contributed by atoms with van der Waals surface area (Å²) in [7, 11) is 0. The highest BCUT2D eigenvalue weighted by atomic mass is 16.3. The van der Waals surface area contributed by atoms with Crippen molar-refractivity contribution in [2.75, 3.05) is 28.6 Å². The molecule has 2 atom stereocenters. The second-order valence-corrected chi connectivity index (χ2v) is 9.70. The van der Waals surface area contributed by atoms with Gasteiger partial charge in [-0.2, -0.15) is 15.1 Å². The quantitative estimate of drug-likeness (QED) is 0.617. The summed E-state index contributed by atoms with van der Waals surface area (Å²) >= 11 is 0. The molecular weight excluding hydrogens is 366 g/mol. The molecule has 4 aliphatic carbocycles. The van der Waals surface area contributed by atoms with Gasteiger partial charge in [-0.15, -0.1) is 0 Å². The van der Waals surface area contributed by atoms with Crippen molar-refractivity contribution < 1.29 is 5.11 Å². The number of rotatable bonds is 5. The van der Waals surface area contributed by atoms with Crippen LogP contribution in [0.1, 0.15) is 44.2 Å². The molecule has 0 amide bonds. The zero-order chi connectivity index (χ0) is 19.6. The van der Waals surface area contributed by atoms with Crippen LogP contribution in [0.15, 0.2) is 12.1 Å². The first-order chi connectivity index (χ1) is 14.0. The lowest BCUT2D eigenvalue weighted by Crippen LogP contribution is -2.59. The highest BCUT2D eigenvalue weighted by Crippen LogP contribution is 2.56. The first kappa shape index (κ1) is 17.5. The van der Waals surface area contributed by atoms with Gasteiger partial charge in [-0.25, -0.2) is 0 Å². The molecule has 7 rings (SSSR count). The Balaban J connectivity index is 1.27. The maximum absolute atomic E-state index is 10.9. The van der Waals surface area contributed by atoms with Gasteiger partial charge in [-0.3, -0.25) is 5.10 Å². The Labute approximate surface area is 170 Å². The van der Waals surface area contributed by atoms with Gasteiger partial charge >= 0.3 is 0 Å². The summed E-state index contributed by atoms with van der Waals surface area (Å²) in [5, 5.41) is 25.1. The molecule has 1 aliphatic heterocycles. The number of hydrogen-bond donors (Lipinski definition) is 4. The third-order valence-electron chi connectivity index (χ3n) is 7.39.